The lowest BCUT2D eigenvalue weighted by atomic mass is 10.0. The van der Waals surface area contributed by atoms with Gasteiger partial charge in [-0.05, 0) is 31.2 Å². The molecule has 0 aliphatic carbocycles. The van der Waals surface area contributed by atoms with E-state index in [9.17, 15) is 14.4 Å². The second-order valence-corrected chi connectivity index (χ2v) is 6.32. The SMILES string of the molecule is Cc1c(-c2ccccc2)oc2c(C(=O)NNC(=O)c3ccco3)cccc2c1=O. The fraction of sp³-hybridized carbons (Fsp3) is 0.0455. The number of carbonyl (C=O) groups is 2. The second kappa shape index (κ2) is 7.47. The number of fused-ring (bicyclic) bond motifs is 1. The van der Waals surface area contributed by atoms with Crippen molar-refractivity contribution in [1.82, 2.24) is 10.9 Å². The Bertz CT molecular complexity index is 1260. The van der Waals surface area contributed by atoms with Gasteiger partial charge in [-0.25, -0.2) is 0 Å². The smallest absolute Gasteiger partial charge is 0.305 e. The Balaban J connectivity index is 1.73. The van der Waals surface area contributed by atoms with Gasteiger partial charge in [0.25, 0.3) is 5.91 Å². The van der Waals surface area contributed by atoms with Crippen LogP contribution >= 0.6 is 0 Å². The molecule has 0 bridgehead atoms. The number of hydrogen-bond donors (Lipinski definition) is 2. The summed E-state index contributed by atoms with van der Waals surface area (Å²) in [6.45, 7) is 1.68. The second-order valence-electron chi connectivity index (χ2n) is 6.32. The number of hydrogen-bond acceptors (Lipinski definition) is 5. The minimum atomic E-state index is -0.624. The molecule has 4 aromatic rings. The zero-order chi connectivity index (χ0) is 20.4. The van der Waals surface area contributed by atoms with Crippen LogP contribution in [0.15, 0.2) is 80.6 Å². The van der Waals surface area contributed by atoms with Gasteiger partial charge in [-0.2, -0.15) is 0 Å². The van der Waals surface area contributed by atoms with Gasteiger partial charge in [0, 0.05) is 11.1 Å². The van der Waals surface area contributed by atoms with Crippen molar-refractivity contribution in [2.24, 2.45) is 0 Å². The third-order valence-electron chi connectivity index (χ3n) is 4.46. The summed E-state index contributed by atoms with van der Waals surface area (Å²) in [7, 11) is 0. The van der Waals surface area contributed by atoms with E-state index in [1.807, 2.05) is 30.3 Å². The largest absolute Gasteiger partial charge is 0.459 e. The zero-order valence-electron chi connectivity index (χ0n) is 15.4. The number of amides is 2. The highest BCUT2D eigenvalue weighted by Crippen LogP contribution is 2.27. The van der Waals surface area contributed by atoms with Crippen molar-refractivity contribution < 1.29 is 18.4 Å². The summed E-state index contributed by atoms with van der Waals surface area (Å²) in [6.07, 6.45) is 1.35. The van der Waals surface area contributed by atoms with E-state index >= 15 is 0 Å². The van der Waals surface area contributed by atoms with Crippen LogP contribution in [-0.2, 0) is 0 Å². The van der Waals surface area contributed by atoms with Crippen molar-refractivity contribution >= 4 is 22.8 Å². The summed E-state index contributed by atoms with van der Waals surface area (Å²) in [5.41, 5.74) is 5.80. The number of carbonyl (C=O) groups excluding carboxylic acids is 2. The third-order valence-corrected chi connectivity index (χ3v) is 4.46. The lowest BCUT2D eigenvalue weighted by molar-refractivity contribution is 0.0831. The lowest BCUT2D eigenvalue weighted by Crippen LogP contribution is -2.41. The van der Waals surface area contributed by atoms with Crippen molar-refractivity contribution in [2.45, 2.75) is 6.92 Å². The van der Waals surface area contributed by atoms with Crippen molar-refractivity contribution in [3.63, 3.8) is 0 Å². The van der Waals surface area contributed by atoms with Crippen LogP contribution in [-0.4, -0.2) is 11.8 Å². The Labute approximate surface area is 164 Å². The summed E-state index contributed by atoms with van der Waals surface area (Å²) in [5.74, 6) is -0.785. The number of hydrazine groups is 1. The number of nitrogens with one attached hydrogen (secondary N) is 2. The Kier molecular flexibility index (Phi) is 4.70. The molecule has 4 rings (SSSR count). The molecular weight excluding hydrogens is 372 g/mol. The van der Waals surface area contributed by atoms with E-state index < -0.39 is 11.8 Å². The van der Waals surface area contributed by atoms with Crippen molar-refractivity contribution in [1.29, 1.82) is 0 Å². The quantitative estimate of drug-likeness (QED) is 0.524. The van der Waals surface area contributed by atoms with Crippen molar-refractivity contribution in [3.8, 4) is 11.3 Å². The highest BCUT2D eigenvalue weighted by molar-refractivity contribution is 6.06. The normalized spacial score (nSPS) is 10.7. The summed E-state index contributed by atoms with van der Waals surface area (Å²) in [5, 5.41) is 0.284. The van der Waals surface area contributed by atoms with Crippen LogP contribution in [0.1, 0.15) is 26.5 Å². The first-order chi connectivity index (χ1) is 14.1. The van der Waals surface area contributed by atoms with Gasteiger partial charge in [0.1, 0.15) is 5.76 Å². The lowest BCUT2D eigenvalue weighted by Gasteiger charge is -2.11. The molecule has 0 aliphatic heterocycles. The first-order valence-electron chi connectivity index (χ1n) is 8.82. The van der Waals surface area contributed by atoms with Gasteiger partial charge in [0.05, 0.1) is 17.2 Å². The van der Waals surface area contributed by atoms with E-state index in [0.29, 0.717) is 11.3 Å². The van der Waals surface area contributed by atoms with Gasteiger partial charge in [0.15, 0.2) is 16.8 Å². The Hall–Kier alpha value is -4.13. The molecule has 0 spiro atoms. The van der Waals surface area contributed by atoms with Gasteiger partial charge >= 0.3 is 5.91 Å². The molecule has 0 aliphatic rings. The van der Waals surface area contributed by atoms with Gasteiger partial charge in [-0.3, -0.25) is 25.2 Å². The maximum atomic E-state index is 12.8. The van der Waals surface area contributed by atoms with E-state index in [0.717, 1.165) is 5.56 Å². The minimum absolute atomic E-state index is 0.0525. The number of para-hydroxylation sites is 1. The van der Waals surface area contributed by atoms with Crippen molar-refractivity contribution in [3.05, 3.63) is 94.0 Å². The summed E-state index contributed by atoms with van der Waals surface area (Å²) in [4.78, 5) is 37.5. The zero-order valence-corrected chi connectivity index (χ0v) is 15.4. The summed E-state index contributed by atoms with van der Waals surface area (Å²) >= 11 is 0. The first-order valence-corrected chi connectivity index (χ1v) is 8.82. The van der Waals surface area contributed by atoms with E-state index in [1.165, 1.54) is 18.4 Å². The molecule has 0 saturated carbocycles. The van der Waals surface area contributed by atoms with Crippen LogP contribution in [0.5, 0.6) is 0 Å². The molecule has 2 aromatic heterocycles. The molecule has 29 heavy (non-hydrogen) atoms. The van der Waals surface area contributed by atoms with Crippen LogP contribution in [0.3, 0.4) is 0 Å². The van der Waals surface area contributed by atoms with Crippen LogP contribution in [0.2, 0.25) is 0 Å². The monoisotopic (exact) mass is 388 g/mol. The number of furan rings is 1. The van der Waals surface area contributed by atoms with Crippen LogP contribution in [0.4, 0.5) is 0 Å². The molecular formula is C22H16N2O5. The summed E-state index contributed by atoms with van der Waals surface area (Å²) in [6, 6.07) is 16.9. The molecule has 0 saturated heterocycles. The van der Waals surface area contributed by atoms with E-state index in [-0.39, 0.29) is 27.7 Å². The Morgan fingerprint density at radius 1 is 0.862 bits per heavy atom. The van der Waals surface area contributed by atoms with Gasteiger partial charge in [0.2, 0.25) is 0 Å². The first kappa shape index (κ1) is 18.2. The fourth-order valence-corrected chi connectivity index (χ4v) is 3.00. The number of benzene rings is 2. The predicted molar refractivity (Wildman–Crippen MR) is 106 cm³/mol. The van der Waals surface area contributed by atoms with Crippen LogP contribution in [0, 0.1) is 6.92 Å². The number of rotatable bonds is 3. The summed E-state index contributed by atoms with van der Waals surface area (Å²) < 4.78 is 11.0. The predicted octanol–water partition coefficient (Wildman–Crippen LogP) is 3.44. The maximum absolute atomic E-state index is 12.8. The topological polar surface area (TPSA) is 102 Å². The Morgan fingerprint density at radius 2 is 1.62 bits per heavy atom. The van der Waals surface area contributed by atoms with Gasteiger partial charge in [-0.15, -0.1) is 0 Å². The van der Waals surface area contributed by atoms with Gasteiger partial charge in [-0.1, -0.05) is 36.4 Å². The molecule has 2 heterocycles. The molecule has 7 nitrogen and oxygen atoms in total. The molecule has 7 heteroatoms. The molecule has 2 aromatic carbocycles. The molecule has 2 N–H and O–H groups in total. The van der Waals surface area contributed by atoms with E-state index in [2.05, 4.69) is 10.9 Å². The average Bonchev–Trinajstić information content (AvgIpc) is 3.29. The molecule has 0 radical (unpaired) electrons. The maximum Gasteiger partial charge on any atom is 0.305 e. The van der Waals surface area contributed by atoms with Crippen LogP contribution < -0.4 is 16.3 Å². The van der Waals surface area contributed by atoms with Crippen molar-refractivity contribution in [2.75, 3.05) is 0 Å². The molecule has 0 unspecified atom stereocenters. The highest BCUT2D eigenvalue weighted by Gasteiger charge is 2.19. The molecule has 2 amide bonds. The van der Waals surface area contributed by atoms with Crippen LogP contribution in [0.25, 0.3) is 22.3 Å². The third kappa shape index (κ3) is 3.41. The minimum Gasteiger partial charge on any atom is -0.459 e. The molecule has 144 valence electrons. The Morgan fingerprint density at radius 3 is 2.34 bits per heavy atom. The van der Waals surface area contributed by atoms with Gasteiger partial charge < -0.3 is 8.83 Å². The van der Waals surface area contributed by atoms with E-state index in [4.69, 9.17) is 8.83 Å². The average molecular weight is 388 g/mol. The molecule has 0 atom stereocenters. The highest BCUT2D eigenvalue weighted by atomic mass is 16.3. The van der Waals surface area contributed by atoms with E-state index in [1.54, 1.807) is 25.1 Å². The molecule has 0 fully saturated rings. The standard InChI is InChI=1S/C22H16N2O5/c1-13-18(25)15-9-5-10-16(20(15)29-19(13)14-7-3-2-4-8-14)21(26)23-24-22(27)17-11-6-12-28-17/h2-12H,1H3,(H,23,26)(H,24,27). The fourth-order valence-electron chi connectivity index (χ4n) is 3.00.